The van der Waals surface area contributed by atoms with Crippen LogP contribution in [0.4, 0.5) is 10.8 Å². The Kier molecular flexibility index (Phi) is 7.04. The minimum Gasteiger partial charge on any atom is -0.393 e. The van der Waals surface area contributed by atoms with E-state index in [1.807, 2.05) is 12.3 Å². The van der Waals surface area contributed by atoms with E-state index in [1.54, 1.807) is 11.3 Å². The van der Waals surface area contributed by atoms with E-state index in [4.69, 9.17) is 9.97 Å². The monoisotopic (exact) mass is 479 g/mol. The van der Waals surface area contributed by atoms with Crippen molar-refractivity contribution in [3.8, 4) is 0 Å². The predicted molar refractivity (Wildman–Crippen MR) is 142 cm³/mol. The van der Waals surface area contributed by atoms with Crippen molar-refractivity contribution < 1.29 is 5.11 Å². The van der Waals surface area contributed by atoms with Crippen LogP contribution in [0.2, 0.25) is 0 Å². The number of thiazole rings is 1. The molecule has 0 saturated carbocycles. The highest BCUT2D eigenvalue weighted by Crippen LogP contribution is 2.35. The third kappa shape index (κ3) is 4.92. The van der Waals surface area contributed by atoms with E-state index < -0.39 is 0 Å². The lowest BCUT2D eigenvalue weighted by Gasteiger charge is -2.29. The fourth-order valence-electron chi connectivity index (χ4n) is 5.46. The number of aromatic nitrogens is 2. The molecule has 0 bridgehead atoms. The quantitative estimate of drug-likeness (QED) is 0.568. The number of fused-ring (bicyclic) bond motifs is 1. The van der Waals surface area contributed by atoms with Gasteiger partial charge in [-0.05, 0) is 55.4 Å². The van der Waals surface area contributed by atoms with E-state index in [0.29, 0.717) is 5.92 Å². The molecule has 3 aromatic rings. The molecule has 6 nitrogen and oxygen atoms in total. The third-order valence-electron chi connectivity index (χ3n) is 7.35. The fourth-order valence-corrected chi connectivity index (χ4v) is 6.33. The molecule has 1 N–H and O–H groups in total. The summed E-state index contributed by atoms with van der Waals surface area (Å²) in [5.41, 5.74) is 6.44. The van der Waals surface area contributed by atoms with Crippen molar-refractivity contribution in [2.45, 2.75) is 58.6 Å². The molecule has 0 unspecified atom stereocenters. The Labute approximate surface area is 207 Å². The fraction of sp³-hybridized carbons (Fsp3) is 0.556. The van der Waals surface area contributed by atoms with Gasteiger partial charge in [-0.2, -0.15) is 0 Å². The van der Waals surface area contributed by atoms with Crippen molar-refractivity contribution in [3.05, 3.63) is 46.6 Å². The lowest BCUT2D eigenvalue weighted by atomic mass is 9.93. The van der Waals surface area contributed by atoms with Crippen LogP contribution in [0.5, 0.6) is 0 Å². The summed E-state index contributed by atoms with van der Waals surface area (Å²) in [4.78, 5) is 17.2. The smallest absolute Gasteiger partial charge is 0.185 e. The lowest BCUT2D eigenvalue weighted by Crippen LogP contribution is -2.35. The van der Waals surface area contributed by atoms with Gasteiger partial charge in [-0.15, -0.1) is 11.3 Å². The number of piperidine rings is 1. The van der Waals surface area contributed by atoms with Crippen LogP contribution >= 0.6 is 11.3 Å². The molecule has 1 aromatic carbocycles. The molecule has 0 amide bonds. The van der Waals surface area contributed by atoms with Crippen molar-refractivity contribution in [3.63, 3.8) is 0 Å². The number of hydrogen-bond acceptors (Lipinski definition) is 7. The molecule has 4 heterocycles. The van der Waals surface area contributed by atoms with Crippen LogP contribution in [-0.2, 0) is 6.54 Å². The standard InChI is InChI=1S/C27H37N5OS/c1-19(2)24-16-21-6-4-9-28-25(21)26(20(24)3)31-11-5-10-30(14-15-31)17-22-18-34-27(29-22)32-12-7-23(33)8-13-32/h4,6,9,16,18-19,23,33H,5,7-8,10-15,17H2,1-3H3. The highest BCUT2D eigenvalue weighted by atomic mass is 32.1. The molecule has 0 radical (unpaired) electrons. The van der Waals surface area contributed by atoms with Crippen molar-refractivity contribution in [1.29, 1.82) is 0 Å². The van der Waals surface area contributed by atoms with Crippen molar-refractivity contribution in [2.75, 3.05) is 49.1 Å². The van der Waals surface area contributed by atoms with E-state index in [2.05, 4.69) is 53.0 Å². The zero-order chi connectivity index (χ0) is 23.7. The van der Waals surface area contributed by atoms with Gasteiger partial charge in [0, 0.05) is 62.8 Å². The molecule has 7 heteroatoms. The SMILES string of the molecule is Cc1c(C(C)C)cc2cccnc2c1N1CCCN(Cc2csc(N3CCC(O)CC3)n2)CC1. The van der Waals surface area contributed by atoms with Gasteiger partial charge in [0.2, 0.25) is 0 Å². The number of nitrogens with zero attached hydrogens (tertiary/aromatic N) is 5. The van der Waals surface area contributed by atoms with Crippen LogP contribution in [0.15, 0.2) is 29.8 Å². The lowest BCUT2D eigenvalue weighted by molar-refractivity contribution is 0.145. The molecule has 2 aromatic heterocycles. The topological polar surface area (TPSA) is 55.7 Å². The van der Waals surface area contributed by atoms with Crippen LogP contribution < -0.4 is 9.80 Å². The highest BCUT2D eigenvalue weighted by molar-refractivity contribution is 7.13. The number of rotatable bonds is 5. The van der Waals surface area contributed by atoms with Gasteiger partial charge >= 0.3 is 0 Å². The zero-order valence-electron chi connectivity index (χ0n) is 20.7. The Bertz CT molecular complexity index is 1120. The minimum atomic E-state index is -0.145. The van der Waals surface area contributed by atoms with Gasteiger partial charge in [0.25, 0.3) is 0 Å². The van der Waals surface area contributed by atoms with E-state index in [0.717, 1.165) is 75.7 Å². The number of aliphatic hydroxyl groups is 1. The Morgan fingerprint density at radius 3 is 2.71 bits per heavy atom. The Hall–Kier alpha value is -2.22. The number of anilines is 2. The first-order chi connectivity index (χ1) is 16.5. The average molecular weight is 480 g/mol. The molecule has 0 atom stereocenters. The molecule has 2 aliphatic rings. The predicted octanol–water partition coefficient (Wildman–Crippen LogP) is 4.80. The van der Waals surface area contributed by atoms with Crippen LogP contribution in [0.25, 0.3) is 10.9 Å². The van der Waals surface area contributed by atoms with Crippen molar-refractivity contribution in [2.24, 2.45) is 0 Å². The van der Waals surface area contributed by atoms with Crippen LogP contribution in [0.1, 0.15) is 55.8 Å². The normalized spacial score (nSPS) is 18.7. The summed E-state index contributed by atoms with van der Waals surface area (Å²) >= 11 is 1.74. The van der Waals surface area contributed by atoms with Crippen LogP contribution in [0.3, 0.4) is 0 Å². The zero-order valence-corrected chi connectivity index (χ0v) is 21.5. The van der Waals surface area contributed by atoms with Gasteiger partial charge in [-0.25, -0.2) is 4.98 Å². The van der Waals surface area contributed by atoms with E-state index >= 15 is 0 Å². The molecule has 182 valence electrons. The van der Waals surface area contributed by atoms with Gasteiger partial charge in [0.1, 0.15) is 0 Å². The van der Waals surface area contributed by atoms with Crippen molar-refractivity contribution in [1.82, 2.24) is 14.9 Å². The largest absolute Gasteiger partial charge is 0.393 e. The van der Waals surface area contributed by atoms with Crippen LogP contribution in [0, 0.1) is 6.92 Å². The number of hydrogen-bond donors (Lipinski definition) is 1. The van der Waals surface area contributed by atoms with Crippen LogP contribution in [-0.4, -0.2) is 65.3 Å². The maximum absolute atomic E-state index is 9.79. The third-order valence-corrected chi connectivity index (χ3v) is 8.30. The molecule has 2 aliphatic heterocycles. The summed E-state index contributed by atoms with van der Waals surface area (Å²) in [7, 11) is 0. The summed E-state index contributed by atoms with van der Waals surface area (Å²) in [5.74, 6) is 0.494. The van der Waals surface area contributed by atoms with Crippen molar-refractivity contribution >= 4 is 33.1 Å². The minimum absolute atomic E-state index is 0.145. The van der Waals surface area contributed by atoms with E-state index in [9.17, 15) is 5.11 Å². The van der Waals surface area contributed by atoms with Gasteiger partial charge in [0.05, 0.1) is 23.0 Å². The van der Waals surface area contributed by atoms with Gasteiger partial charge in [-0.1, -0.05) is 19.9 Å². The molecule has 5 rings (SSSR count). The average Bonchev–Trinajstić information content (AvgIpc) is 3.17. The number of aliphatic hydroxyl groups excluding tert-OH is 1. The second kappa shape index (κ2) is 10.2. The molecule has 34 heavy (non-hydrogen) atoms. The summed E-state index contributed by atoms with van der Waals surface area (Å²) in [6.07, 6.45) is 4.61. The van der Waals surface area contributed by atoms with E-state index in [1.165, 1.54) is 27.9 Å². The first-order valence-electron chi connectivity index (χ1n) is 12.7. The Morgan fingerprint density at radius 2 is 1.91 bits per heavy atom. The van der Waals surface area contributed by atoms with Gasteiger partial charge < -0.3 is 14.9 Å². The molecule has 0 aliphatic carbocycles. The second-order valence-electron chi connectivity index (χ2n) is 10.1. The van der Waals surface area contributed by atoms with Gasteiger partial charge in [0.15, 0.2) is 5.13 Å². The number of pyridine rings is 1. The Balaban J connectivity index is 1.30. The molecule has 0 spiro atoms. The number of benzene rings is 1. The maximum atomic E-state index is 9.79. The summed E-state index contributed by atoms with van der Waals surface area (Å²) in [5, 5.41) is 14.4. The van der Waals surface area contributed by atoms with E-state index in [-0.39, 0.29) is 6.10 Å². The van der Waals surface area contributed by atoms with Gasteiger partial charge in [-0.3, -0.25) is 9.88 Å². The molecular weight excluding hydrogens is 442 g/mol. The maximum Gasteiger partial charge on any atom is 0.185 e. The summed E-state index contributed by atoms with van der Waals surface area (Å²) in [6, 6.07) is 6.58. The second-order valence-corrected chi connectivity index (χ2v) is 11.0. The highest BCUT2D eigenvalue weighted by Gasteiger charge is 2.23. The molecule has 2 fully saturated rings. The Morgan fingerprint density at radius 1 is 1.09 bits per heavy atom. The first-order valence-corrected chi connectivity index (χ1v) is 13.6. The summed E-state index contributed by atoms with van der Waals surface area (Å²) < 4.78 is 0. The first kappa shape index (κ1) is 23.5. The molecular formula is C27H37N5OS. The summed E-state index contributed by atoms with van der Waals surface area (Å²) in [6.45, 7) is 13.8. The molecule has 2 saturated heterocycles.